The fourth-order valence-electron chi connectivity index (χ4n) is 1.48. The van der Waals surface area contributed by atoms with Crippen LogP contribution in [-0.2, 0) is 4.79 Å². The van der Waals surface area contributed by atoms with Crippen molar-refractivity contribution in [2.24, 2.45) is 0 Å². The van der Waals surface area contributed by atoms with Crippen LogP contribution in [0.2, 0.25) is 0 Å². The Morgan fingerprint density at radius 2 is 2.24 bits per heavy atom. The number of imidazole rings is 1. The van der Waals surface area contributed by atoms with E-state index in [-0.39, 0.29) is 18.3 Å². The first kappa shape index (κ1) is 15.4. The van der Waals surface area contributed by atoms with E-state index in [1.807, 2.05) is 23.9 Å². The molecule has 0 spiro atoms. The summed E-state index contributed by atoms with van der Waals surface area (Å²) in [6, 6.07) is 0. The molecule has 0 bridgehead atoms. The number of hydrogen-bond acceptors (Lipinski definition) is 1. The van der Waals surface area contributed by atoms with Gasteiger partial charge in [-0.1, -0.05) is 13.2 Å². The van der Waals surface area contributed by atoms with Gasteiger partial charge in [0.05, 0.1) is 6.20 Å². The predicted molar refractivity (Wildman–Crippen MR) is 63.3 cm³/mol. The van der Waals surface area contributed by atoms with E-state index < -0.39 is 0 Å². The number of carbonyl (C=O) groups excluding carboxylic acids is 1. The summed E-state index contributed by atoms with van der Waals surface area (Å²) < 4.78 is 1.92. The van der Waals surface area contributed by atoms with Gasteiger partial charge in [0.1, 0.15) is 12.4 Å². The van der Waals surface area contributed by atoms with Crippen molar-refractivity contribution in [2.75, 3.05) is 6.54 Å². The Bertz CT molecular complexity index is 387. The van der Waals surface area contributed by atoms with Gasteiger partial charge in [-0.2, -0.15) is 0 Å². The molecule has 1 fully saturated rings. The zero-order chi connectivity index (χ0) is 12.0. The lowest BCUT2D eigenvalue weighted by molar-refractivity contribution is -0.573. The molecule has 1 aromatic rings. The Morgan fingerprint density at radius 1 is 1.53 bits per heavy atom. The van der Waals surface area contributed by atoms with Crippen molar-refractivity contribution in [3.05, 3.63) is 37.6 Å². The number of aromatic amines is 1. The first-order valence-electron chi connectivity index (χ1n) is 5.28. The predicted octanol–water partition coefficient (Wildman–Crippen LogP) is -1.53. The van der Waals surface area contributed by atoms with Crippen LogP contribution in [0.4, 0.5) is 0 Å². The second-order valence-electron chi connectivity index (χ2n) is 3.51. The fourth-order valence-corrected chi connectivity index (χ4v) is 1.48. The molecule has 1 aromatic heterocycles. The molecule has 4 nitrogen and oxygen atoms in total. The molecule has 1 aliphatic rings. The highest BCUT2D eigenvalue weighted by molar-refractivity contribution is 5.78. The van der Waals surface area contributed by atoms with Crippen LogP contribution in [0.3, 0.4) is 0 Å². The minimum absolute atomic E-state index is 0. The molecule has 0 unspecified atom stereocenters. The van der Waals surface area contributed by atoms with Gasteiger partial charge in [0.2, 0.25) is 5.91 Å². The average Bonchev–Trinajstić information content (AvgIpc) is 2.87. The van der Waals surface area contributed by atoms with Crippen LogP contribution in [0.15, 0.2) is 31.8 Å². The van der Waals surface area contributed by atoms with Gasteiger partial charge >= 0.3 is 0 Å². The van der Waals surface area contributed by atoms with Gasteiger partial charge in [-0.3, -0.25) is 4.79 Å². The molecule has 1 aliphatic heterocycles. The highest BCUT2D eigenvalue weighted by Gasteiger charge is 2.15. The van der Waals surface area contributed by atoms with Crippen LogP contribution >= 0.6 is 0 Å². The second-order valence-corrected chi connectivity index (χ2v) is 3.51. The molecule has 2 heterocycles. The van der Waals surface area contributed by atoms with Crippen molar-refractivity contribution in [3.63, 3.8) is 0 Å². The van der Waals surface area contributed by atoms with Crippen molar-refractivity contribution >= 4 is 12.1 Å². The Labute approximate surface area is 108 Å². The summed E-state index contributed by atoms with van der Waals surface area (Å²) in [7, 11) is 0. The van der Waals surface area contributed by atoms with Crippen LogP contribution in [-0.4, -0.2) is 22.3 Å². The van der Waals surface area contributed by atoms with E-state index in [4.69, 9.17) is 0 Å². The van der Waals surface area contributed by atoms with Crippen molar-refractivity contribution in [1.82, 2.24) is 9.88 Å². The molecule has 17 heavy (non-hydrogen) atoms. The van der Waals surface area contributed by atoms with Crippen LogP contribution in [0.5, 0.6) is 0 Å². The molecule has 1 N–H and O–H groups in total. The minimum Gasteiger partial charge on any atom is -1.00 e. The van der Waals surface area contributed by atoms with Crippen molar-refractivity contribution in [3.8, 4) is 0 Å². The van der Waals surface area contributed by atoms with E-state index in [1.54, 1.807) is 17.3 Å². The largest absolute Gasteiger partial charge is 1.00 e. The number of aryl methyl sites for hydroxylation is 1. The summed E-state index contributed by atoms with van der Waals surface area (Å²) in [5, 5.41) is 0. The zero-order valence-electron chi connectivity index (χ0n) is 10.0. The first-order chi connectivity index (χ1) is 7.69. The molecule has 0 saturated carbocycles. The Hall–Kier alpha value is -1.55. The molecule has 0 radical (unpaired) electrons. The smallest absolute Gasteiger partial charge is 0.255 e. The van der Waals surface area contributed by atoms with Crippen LogP contribution in [0, 0.1) is 6.92 Å². The van der Waals surface area contributed by atoms with Crippen LogP contribution in [0.1, 0.15) is 18.7 Å². The third kappa shape index (κ3) is 4.44. The monoisotopic (exact) mass is 255 g/mol. The number of amides is 1. The van der Waals surface area contributed by atoms with E-state index in [9.17, 15) is 4.79 Å². The van der Waals surface area contributed by atoms with E-state index in [0.717, 1.165) is 18.8 Å². The number of nitrogens with zero attached hydrogens (tertiary/aromatic N) is 2. The Kier molecular flexibility index (Phi) is 6.98. The summed E-state index contributed by atoms with van der Waals surface area (Å²) in [6.07, 6.45) is 8.83. The van der Waals surface area contributed by atoms with Crippen molar-refractivity contribution in [1.29, 1.82) is 0 Å². The summed E-state index contributed by atoms with van der Waals surface area (Å²) in [5.41, 5.74) is 0. The molecule has 1 saturated heterocycles. The third-order valence-corrected chi connectivity index (χ3v) is 2.44. The average molecular weight is 256 g/mol. The highest BCUT2D eigenvalue weighted by Crippen LogP contribution is 2.08. The number of nitrogens with one attached hydrogen (secondary N) is 1. The minimum atomic E-state index is 0. The van der Waals surface area contributed by atoms with Crippen molar-refractivity contribution < 1.29 is 21.8 Å². The maximum atomic E-state index is 10.7. The second kappa shape index (κ2) is 7.68. The van der Waals surface area contributed by atoms with E-state index in [1.165, 1.54) is 0 Å². The highest BCUT2D eigenvalue weighted by atomic mass is 35.5. The topological polar surface area (TPSA) is 40.0 Å². The van der Waals surface area contributed by atoms with E-state index in [0.29, 0.717) is 6.42 Å². The number of aromatic nitrogens is 2. The lowest BCUT2D eigenvalue weighted by Gasteiger charge is -2.05. The molecule has 5 heteroatoms. The zero-order valence-corrected chi connectivity index (χ0v) is 10.8. The quantitative estimate of drug-likeness (QED) is 0.640. The SMILES string of the molecule is C=CN1CCCC1=O.C=C[n+]1cc[nH]c1C.[Cl-]. The summed E-state index contributed by atoms with van der Waals surface area (Å²) >= 11 is 0. The molecular formula is C12H18ClN3O. The van der Waals surface area contributed by atoms with Crippen LogP contribution in [0.25, 0.3) is 6.20 Å². The van der Waals surface area contributed by atoms with Crippen LogP contribution < -0.4 is 17.0 Å². The van der Waals surface area contributed by atoms with Gasteiger partial charge < -0.3 is 17.3 Å². The number of carbonyl (C=O) groups is 1. The number of H-pyrrole nitrogens is 1. The van der Waals surface area contributed by atoms with Crippen molar-refractivity contribution in [2.45, 2.75) is 19.8 Å². The maximum Gasteiger partial charge on any atom is 0.255 e. The van der Waals surface area contributed by atoms with Gasteiger partial charge in [0.15, 0.2) is 0 Å². The molecular weight excluding hydrogens is 238 g/mol. The van der Waals surface area contributed by atoms with Gasteiger partial charge in [0.25, 0.3) is 5.82 Å². The van der Waals surface area contributed by atoms with Gasteiger partial charge in [-0.05, 0) is 12.6 Å². The molecule has 0 aliphatic carbocycles. The lowest BCUT2D eigenvalue weighted by Crippen LogP contribution is -3.00. The van der Waals surface area contributed by atoms with E-state index in [2.05, 4.69) is 18.1 Å². The van der Waals surface area contributed by atoms with E-state index >= 15 is 0 Å². The summed E-state index contributed by atoms with van der Waals surface area (Å²) in [6.45, 7) is 9.96. The fraction of sp³-hybridized carbons (Fsp3) is 0.333. The normalized spacial score (nSPS) is 13.5. The number of hydrogen-bond donors (Lipinski definition) is 1. The standard InChI is InChI=1S/C6H8N2.C6H9NO.ClH/c1-3-8-5-4-7-6(8)2;1-2-7-5-3-4-6(7)8;/h3-5H,1H2,2H3;2H,1,3-5H2;1H. The molecule has 94 valence electrons. The van der Waals surface area contributed by atoms with Gasteiger partial charge in [-0.15, -0.1) is 0 Å². The molecule has 0 atom stereocenters. The maximum absolute atomic E-state index is 10.7. The first-order valence-corrected chi connectivity index (χ1v) is 5.28. The van der Waals surface area contributed by atoms with Gasteiger partial charge in [-0.25, -0.2) is 9.55 Å². The number of rotatable bonds is 2. The number of likely N-dealkylation sites (tertiary alicyclic amines) is 1. The molecule has 1 amide bonds. The lowest BCUT2D eigenvalue weighted by atomic mass is 10.4. The summed E-state index contributed by atoms with van der Waals surface area (Å²) in [5.74, 6) is 1.31. The Balaban J connectivity index is 0.000000284. The number of halogens is 1. The Morgan fingerprint density at radius 3 is 2.47 bits per heavy atom. The molecule has 2 rings (SSSR count). The summed E-state index contributed by atoms with van der Waals surface area (Å²) in [4.78, 5) is 15.3. The third-order valence-electron chi connectivity index (χ3n) is 2.44. The van der Waals surface area contributed by atoms with Gasteiger partial charge in [0, 0.05) is 19.9 Å². The molecule has 0 aromatic carbocycles.